The molecule has 7 nitrogen and oxygen atoms in total. The van der Waals surface area contributed by atoms with Crippen molar-refractivity contribution in [1.82, 2.24) is 19.9 Å². The molecule has 24 heavy (non-hydrogen) atoms. The molecule has 0 radical (unpaired) electrons. The first-order valence-electron chi connectivity index (χ1n) is 7.99. The minimum Gasteiger partial charge on any atom is -0.507 e. The van der Waals surface area contributed by atoms with Gasteiger partial charge in [-0.15, -0.1) is 0 Å². The zero-order valence-electron chi connectivity index (χ0n) is 14.0. The fraction of sp³-hybridized carbons (Fsp3) is 0.438. The highest BCUT2D eigenvalue weighted by Crippen LogP contribution is 2.26. The lowest BCUT2D eigenvalue weighted by Gasteiger charge is -2.34. The van der Waals surface area contributed by atoms with Gasteiger partial charge in [0.1, 0.15) is 23.2 Å². The van der Waals surface area contributed by atoms with Crippen LogP contribution in [-0.2, 0) is 0 Å². The van der Waals surface area contributed by atoms with Crippen LogP contribution in [0.15, 0.2) is 18.8 Å². The van der Waals surface area contributed by atoms with Crippen LogP contribution >= 0.6 is 11.3 Å². The fourth-order valence-corrected chi connectivity index (χ4v) is 3.34. The molecule has 1 saturated heterocycles. The number of anilines is 3. The molecule has 0 saturated carbocycles. The van der Waals surface area contributed by atoms with Gasteiger partial charge in [0.2, 0.25) is 0 Å². The Morgan fingerprint density at radius 3 is 2.71 bits per heavy atom. The van der Waals surface area contributed by atoms with Crippen molar-refractivity contribution in [2.75, 3.05) is 42.9 Å². The Balaban J connectivity index is 1.75. The summed E-state index contributed by atoms with van der Waals surface area (Å²) in [6.45, 7) is 12.7. The third-order valence-electron chi connectivity index (χ3n) is 3.99. The summed E-state index contributed by atoms with van der Waals surface area (Å²) in [5, 5.41) is 13.3. The van der Waals surface area contributed by atoms with Crippen molar-refractivity contribution in [3.8, 4) is 0 Å². The van der Waals surface area contributed by atoms with Crippen LogP contribution in [0.2, 0.25) is 0 Å². The Hall–Kier alpha value is -2.19. The lowest BCUT2D eigenvalue weighted by Crippen LogP contribution is -2.46. The van der Waals surface area contributed by atoms with Crippen molar-refractivity contribution < 1.29 is 5.11 Å². The van der Waals surface area contributed by atoms with E-state index >= 15 is 0 Å². The number of aromatic nitrogens is 3. The summed E-state index contributed by atoms with van der Waals surface area (Å²) < 4.78 is 0. The van der Waals surface area contributed by atoms with Gasteiger partial charge in [-0.3, -0.25) is 0 Å². The first-order chi connectivity index (χ1) is 11.5. The van der Waals surface area contributed by atoms with Crippen LogP contribution < -0.4 is 10.2 Å². The number of likely N-dealkylation sites (N-methyl/N-ethyl adjacent to an activating group) is 1. The second-order valence-electron chi connectivity index (χ2n) is 5.68. The smallest absolute Gasteiger partial charge is 0.188 e. The van der Waals surface area contributed by atoms with E-state index in [1.807, 2.05) is 13.0 Å². The summed E-state index contributed by atoms with van der Waals surface area (Å²) in [6.07, 6.45) is 1.59. The third-order valence-corrected chi connectivity index (χ3v) is 4.95. The normalized spacial score (nSPS) is 15.5. The van der Waals surface area contributed by atoms with Gasteiger partial charge in [0, 0.05) is 32.2 Å². The zero-order chi connectivity index (χ0) is 17.1. The monoisotopic (exact) mass is 346 g/mol. The van der Waals surface area contributed by atoms with Crippen LogP contribution in [0.3, 0.4) is 0 Å². The third kappa shape index (κ3) is 3.82. The van der Waals surface area contributed by atoms with E-state index in [1.54, 1.807) is 6.20 Å². The second kappa shape index (κ2) is 7.14. The maximum absolute atomic E-state index is 9.42. The van der Waals surface area contributed by atoms with E-state index in [4.69, 9.17) is 0 Å². The second-order valence-corrected chi connectivity index (χ2v) is 6.71. The SMILES string of the molecule is C=C(O)c1cnc(Nc2cc(N3CCN(CC)CC3)nc(C)n2)s1. The Morgan fingerprint density at radius 1 is 1.33 bits per heavy atom. The summed E-state index contributed by atoms with van der Waals surface area (Å²) in [4.78, 5) is 18.6. The molecule has 1 fully saturated rings. The molecular formula is C16H22N6OS. The van der Waals surface area contributed by atoms with Gasteiger partial charge >= 0.3 is 0 Å². The Bertz CT molecular complexity index is 723. The first kappa shape index (κ1) is 16.7. The molecule has 128 valence electrons. The summed E-state index contributed by atoms with van der Waals surface area (Å²) in [7, 11) is 0. The Labute approximate surface area is 145 Å². The number of hydrogen-bond donors (Lipinski definition) is 2. The van der Waals surface area contributed by atoms with Gasteiger partial charge < -0.3 is 20.2 Å². The van der Waals surface area contributed by atoms with Gasteiger partial charge in [0.05, 0.1) is 11.1 Å². The molecule has 0 unspecified atom stereocenters. The molecule has 8 heteroatoms. The summed E-state index contributed by atoms with van der Waals surface area (Å²) in [5.74, 6) is 2.38. The number of piperazine rings is 1. The largest absolute Gasteiger partial charge is 0.507 e. The average molecular weight is 346 g/mol. The van der Waals surface area contributed by atoms with Crippen LogP contribution in [0, 0.1) is 6.92 Å². The van der Waals surface area contributed by atoms with E-state index < -0.39 is 0 Å². The summed E-state index contributed by atoms with van der Waals surface area (Å²) >= 11 is 1.33. The van der Waals surface area contributed by atoms with E-state index in [9.17, 15) is 5.11 Å². The zero-order valence-corrected chi connectivity index (χ0v) is 14.8. The molecule has 0 bridgehead atoms. The minimum absolute atomic E-state index is 0.0221. The van der Waals surface area contributed by atoms with Crippen molar-refractivity contribution in [1.29, 1.82) is 0 Å². The van der Waals surface area contributed by atoms with Crippen LogP contribution in [0.4, 0.5) is 16.8 Å². The summed E-state index contributed by atoms with van der Waals surface area (Å²) in [6, 6.07) is 1.95. The summed E-state index contributed by atoms with van der Waals surface area (Å²) in [5.41, 5.74) is 0. The lowest BCUT2D eigenvalue weighted by atomic mass is 10.3. The number of thiazole rings is 1. The molecule has 0 atom stereocenters. The molecule has 2 aromatic rings. The van der Waals surface area contributed by atoms with Crippen molar-refractivity contribution in [2.45, 2.75) is 13.8 Å². The van der Waals surface area contributed by atoms with Crippen molar-refractivity contribution >= 4 is 33.9 Å². The highest BCUT2D eigenvalue weighted by atomic mass is 32.1. The van der Waals surface area contributed by atoms with E-state index in [2.05, 4.69) is 43.6 Å². The van der Waals surface area contributed by atoms with Gasteiger partial charge in [-0.2, -0.15) is 0 Å². The molecule has 0 spiro atoms. The van der Waals surface area contributed by atoms with E-state index in [1.165, 1.54) is 11.3 Å². The van der Waals surface area contributed by atoms with Gasteiger partial charge in [-0.1, -0.05) is 24.8 Å². The maximum atomic E-state index is 9.42. The molecule has 1 aliphatic rings. The minimum atomic E-state index is 0.0221. The van der Waals surface area contributed by atoms with E-state index in [0.29, 0.717) is 15.8 Å². The Morgan fingerprint density at radius 2 is 2.08 bits per heavy atom. The molecule has 1 aliphatic heterocycles. The molecule has 0 aliphatic carbocycles. The standard InChI is InChI=1S/C16H22N6OS/c1-4-21-5-7-22(8-6-21)15-9-14(18-12(3)19-15)20-16-17-10-13(24-16)11(2)23/h9-10,23H,2,4-8H2,1,3H3,(H,17,18,19,20). The first-order valence-corrected chi connectivity index (χ1v) is 8.81. The average Bonchev–Trinajstić information content (AvgIpc) is 3.03. The van der Waals surface area contributed by atoms with Crippen LogP contribution in [0.25, 0.3) is 5.76 Å². The number of aliphatic hydroxyl groups is 1. The lowest BCUT2D eigenvalue weighted by molar-refractivity contribution is 0.270. The molecule has 0 amide bonds. The molecule has 3 heterocycles. The predicted octanol–water partition coefficient (Wildman–Crippen LogP) is 2.66. The van der Waals surface area contributed by atoms with E-state index in [0.717, 1.165) is 44.4 Å². The van der Waals surface area contributed by atoms with Gasteiger partial charge in [0.15, 0.2) is 5.13 Å². The predicted molar refractivity (Wildman–Crippen MR) is 98.2 cm³/mol. The molecule has 2 N–H and O–H groups in total. The molecule has 0 aromatic carbocycles. The van der Waals surface area contributed by atoms with Crippen molar-refractivity contribution in [3.63, 3.8) is 0 Å². The van der Waals surface area contributed by atoms with Crippen LogP contribution in [0.5, 0.6) is 0 Å². The number of nitrogens with zero attached hydrogens (tertiary/aromatic N) is 5. The number of rotatable bonds is 5. The van der Waals surface area contributed by atoms with Crippen molar-refractivity contribution in [3.05, 3.63) is 29.5 Å². The van der Waals surface area contributed by atoms with Gasteiger partial charge in [-0.25, -0.2) is 15.0 Å². The quantitative estimate of drug-likeness (QED) is 0.806. The maximum Gasteiger partial charge on any atom is 0.188 e. The fourth-order valence-electron chi connectivity index (χ4n) is 2.65. The van der Waals surface area contributed by atoms with Crippen LogP contribution in [0.1, 0.15) is 17.6 Å². The van der Waals surface area contributed by atoms with Crippen LogP contribution in [-0.4, -0.2) is 57.7 Å². The molecular weight excluding hydrogens is 324 g/mol. The number of aliphatic hydroxyl groups excluding tert-OH is 1. The van der Waals surface area contributed by atoms with Crippen molar-refractivity contribution in [2.24, 2.45) is 0 Å². The van der Waals surface area contributed by atoms with Gasteiger partial charge in [0.25, 0.3) is 0 Å². The van der Waals surface area contributed by atoms with E-state index in [-0.39, 0.29) is 5.76 Å². The Kier molecular flexibility index (Phi) is 4.96. The number of hydrogen-bond acceptors (Lipinski definition) is 8. The highest BCUT2D eigenvalue weighted by molar-refractivity contribution is 7.16. The number of nitrogens with one attached hydrogen (secondary N) is 1. The number of aryl methyl sites for hydroxylation is 1. The molecule has 3 rings (SSSR count). The van der Waals surface area contributed by atoms with Gasteiger partial charge in [-0.05, 0) is 13.5 Å². The topological polar surface area (TPSA) is 77.4 Å². The highest BCUT2D eigenvalue weighted by Gasteiger charge is 2.18. The molecule has 2 aromatic heterocycles.